The molecule has 1 heterocycles. The van der Waals surface area contributed by atoms with Gasteiger partial charge in [0.15, 0.2) is 0 Å². The molecule has 1 fully saturated rings. The summed E-state index contributed by atoms with van der Waals surface area (Å²) in [4.78, 5) is 14.0. The number of benzene rings is 1. The summed E-state index contributed by atoms with van der Waals surface area (Å²) >= 11 is 11.8. The number of aliphatic hydroxyl groups excluding tert-OH is 1. The van der Waals surface area contributed by atoms with E-state index in [1.807, 2.05) is 0 Å². The van der Waals surface area contributed by atoms with E-state index in [9.17, 15) is 9.90 Å². The van der Waals surface area contributed by atoms with E-state index in [0.29, 0.717) is 41.9 Å². The van der Waals surface area contributed by atoms with Crippen LogP contribution in [0, 0.1) is 0 Å². The van der Waals surface area contributed by atoms with E-state index in [-0.39, 0.29) is 12.1 Å². The molecule has 2 atom stereocenters. The summed E-state index contributed by atoms with van der Waals surface area (Å²) in [6.45, 7) is 3.09. The maximum absolute atomic E-state index is 12.4. The molecule has 1 saturated heterocycles. The van der Waals surface area contributed by atoms with E-state index in [2.05, 4.69) is 5.32 Å². The van der Waals surface area contributed by atoms with Crippen molar-refractivity contribution in [1.29, 1.82) is 0 Å². The van der Waals surface area contributed by atoms with Gasteiger partial charge in [-0.15, -0.1) is 0 Å². The third-order valence-electron chi connectivity index (χ3n) is 3.22. The number of amides is 2. The third kappa shape index (κ3) is 4.74. The van der Waals surface area contributed by atoms with Crippen molar-refractivity contribution in [2.24, 2.45) is 0 Å². The van der Waals surface area contributed by atoms with Crippen molar-refractivity contribution < 1.29 is 14.6 Å². The van der Waals surface area contributed by atoms with Crippen LogP contribution in [0.2, 0.25) is 10.0 Å². The summed E-state index contributed by atoms with van der Waals surface area (Å²) in [5.41, 5.74) is 0.541. The number of nitrogens with zero attached hydrogens (tertiary/aromatic N) is 1. The van der Waals surface area contributed by atoms with Crippen LogP contribution in [0.1, 0.15) is 13.3 Å². The van der Waals surface area contributed by atoms with Crippen LogP contribution in [0.25, 0.3) is 0 Å². The fourth-order valence-electron chi connectivity index (χ4n) is 2.33. The molecule has 21 heavy (non-hydrogen) atoms. The van der Waals surface area contributed by atoms with Gasteiger partial charge in [0.25, 0.3) is 0 Å². The summed E-state index contributed by atoms with van der Waals surface area (Å²) < 4.78 is 5.38. The van der Waals surface area contributed by atoms with Gasteiger partial charge < -0.3 is 20.1 Å². The van der Waals surface area contributed by atoms with Crippen LogP contribution in [0.15, 0.2) is 18.2 Å². The predicted octanol–water partition coefficient (Wildman–Crippen LogP) is 3.00. The number of carbonyl (C=O) groups excluding carboxylic acids is 1. The molecule has 0 spiro atoms. The van der Waals surface area contributed by atoms with Crippen LogP contribution >= 0.6 is 23.2 Å². The van der Waals surface area contributed by atoms with Gasteiger partial charge in [-0.3, -0.25) is 0 Å². The van der Waals surface area contributed by atoms with E-state index in [1.54, 1.807) is 30.0 Å². The molecule has 0 aliphatic carbocycles. The smallest absolute Gasteiger partial charge is 0.322 e. The van der Waals surface area contributed by atoms with E-state index >= 15 is 0 Å². The molecule has 116 valence electrons. The highest BCUT2D eigenvalue weighted by molar-refractivity contribution is 6.35. The normalized spacial score (nSPS) is 20.2. The topological polar surface area (TPSA) is 61.8 Å². The monoisotopic (exact) mass is 332 g/mol. The fraction of sp³-hybridized carbons (Fsp3) is 0.500. The lowest BCUT2D eigenvalue weighted by Gasteiger charge is -2.36. The maximum Gasteiger partial charge on any atom is 0.322 e. The van der Waals surface area contributed by atoms with Crippen molar-refractivity contribution in [1.82, 2.24) is 4.90 Å². The quantitative estimate of drug-likeness (QED) is 0.894. The zero-order valence-electron chi connectivity index (χ0n) is 11.7. The number of hydrogen-bond donors (Lipinski definition) is 2. The second kappa shape index (κ2) is 7.31. The molecule has 1 aliphatic rings. The number of nitrogens with one attached hydrogen (secondary N) is 1. The van der Waals surface area contributed by atoms with Crippen LogP contribution in [0.5, 0.6) is 0 Å². The lowest BCUT2D eigenvalue weighted by atomic mass is 10.1. The maximum atomic E-state index is 12.4. The minimum absolute atomic E-state index is 0.145. The highest BCUT2D eigenvalue weighted by atomic mass is 35.5. The Morgan fingerprint density at radius 1 is 1.48 bits per heavy atom. The van der Waals surface area contributed by atoms with Crippen molar-refractivity contribution in [2.75, 3.05) is 25.1 Å². The number of anilines is 1. The summed E-state index contributed by atoms with van der Waals surface area (Å²) in [6.07, 6.45) is -0.0170. The van der Waals surface area contributed by atoms with Gasteiger partial charge in [0.2, 0.25) is 0 Å². The molecule has 1 aliphatic heterocycles. The number of hydrogen-bond acceptors (Lipinski definition) is 3. The number of ether oxygens (including phenoxy) is 1. The van der Waals surface area contributed by atoms with Crippen LogP contribution in [0.4, 0.5) is 10.5 Å². The summed E-state index contributed by atoms with van der Waals surface area (Å²) in [5.74, 6) is 0. The lowest BCUT2D eigenvalue weighted by Crippen LogP contribution is -2.51. The minimum atomic E-state index is -0.493. The highest BCUT2D eigenvalue weighted by Gasteiger charge is 2.28. The van der Waals surface area contributed by atoms with Crippen LogP contribution in [-0.2, 0) is 4.74 Å². The van der Waals surface area contributed by atoms with Crippen LogP contribution in [-0.4, -0.2) is 47.9 Å². The molecule has 1 aromatic carbocycles. The number of rotatable bonds is 3. The Morgan fingerprint density at radius 2 is 2.14 bits per heavy atom. The molecule has 0 aromatic heterocycles. The third-order valence-corrected chi connectivity index (χ3v) is 3.65. The van der Waals surface area contributed by atoms with Gasteiger partial charge in [-0.2, -0.15) is 0 Å². The van der Waals surface area contributed by atoms with Gasteiger partial charge >= 0.3 is 6.03 Å². The molecule has 5 nitrogen and oxygen atoms in total. The number of carbonyl (C=O) groups is 1. The van der Waals surface area contributed by atoms with Gasteiger partial charge in [0, 0.05) is 22.3 Å². The highest BCUT2D eigenvalue weighted by Crippen LogP contribution is 2.23. The molecule has 0 unspecified atom stereocenters. The lowest BCUT2D eigenvalue weighted by molar-refractivity contribution is -0.00160. The van der Waals surface area contributed by atoms with Crippen molar-refractivity contribution in [2.45, 2.75) is 25.5 Å². The molecule has 0 bridgehead atoms. The average molecular weight is 333 g/mol. The van der Waals surface area contributed by atoms with E-state index in [4.69, 9.17) is 27.9 Å². The zero-order chi connectivity index (χ0) is 15.4. The first-order valence-electron chi connectivity index (χ1n) is 6.75. The number of morpholine rings is 1. The molecule has 2 N–H and O–H groups in total. The molecule has 0 radical (unpaired) electrons. The zero-order valence-corrected chi connectivity index (χ0v) is 13.2. The Bertz CT molecular complexity index is 491. The number of aliphatic hydroxyl groups is 1. The first kappa shape index (κ1) is 16.4. The standard InChI is InChI=1S/C14H18Cl2N2O3/c1-9(19)4-13-8-21-3-2-18(13)14(20)17-12-6-10(15)5-11(16)7-12/h5-7,9,13,19H,2-4,8H2,1H3,(H,17,20)/t9-,13-/m0/s1. The first-order valence-corrected chi connectivity index (χ1v) is 7.51. The SMILES string of the molecule is C[C@H](O)C[C@H]1COCCN1C(=O)Nc1cc(Cl)cc(Cl)c1. The van der Waals surface area contributed by atoms with E-state index < -0.39 is 6.10 Å². The average Bonchev–Trinajstić information content (AvgIpc) is 2.37. The van der Waals surface area contributed by atoms with Gasteiger partial charge in [-0.1, -0.05) is 23.2 Å². The van der Waals surface area contributed by atoms with Crippen LogP contribution < -0.4 is 5.32 Å². The van der Waals surface area contributed by atoms with Crippen molar-refractivity contribution in [3.8, 4) is 0 Å². The summed E-state index contributed by atoms with van der Waals surface area (Å²) in [6, 6.07) is 4.48. The second-order valence-corrected chi connectivity index (χ2v) is 5.97. The van der Waals surface area contributed by atoms with Gasteiger partial charge in [-0.05, 0) is 31.5 Å². The largest absolute Gasteiger partial charge is 0.393 e. The predicted molar refractivity (Wildman–Crippen MR) is 83.1 cm³/mol. The van der Waals surface area contributed by atoms with E-state index in [1.165, 1.54) is 0 Å². The van der Waals surface area contributed by atoms with Crippen molar-refractivity contribution in [3.63, 3.8) is 0 Å². The number of halogens is 2. The van der Waals surface area contributed by atoms with E-state index in [0.717, 1.165) is 0 Å². The number of urea groups is 1. The molecule has 2 amide bonds. The van der Waals surface area contributed by atoms with Gasteiger partial charge in [0.1, 0.15) is 0 Å². The molecular formula is C14H18Cl2N2O3. The molecule has 2 rings (SSSR count). The Kier molecular flexibility index (Phi) is 5.70. The Balaban J connectivity index is 2.06. The minimum Gasteiger partial charge on any atom is -0.393 e. The van der Waals surface area contributed by atoms with Crippen LogP contribution in [0.3, 0.4) is 0 Å². The fourth-order valence-corrected chi connectivity index (χ4v) is 2.86. The van der Waals surface area contributed by atoms with Crippen molar-refractivity contribution in [3.05, 3.63) is 28.2 Å². The Labute approximate surface area is 133 Å². The summed E-state index contributed by atoms with van der Waals surface area (Å²) in [7, 11) is 0. The summed E-state index contributed by atoms with van der Waals surface area (Å²) in [5, 5.41) is 13.2. The van der Waals surface area contributed by atoms with Gasteiger partial charge in [-0.25, -0.2) is 4.79 Å². The molecular weight excluding hydrogens is 315 g/mol. The van der Waals surface area contributed by atoms with Gasteiger partial charge in [0.05, 0.1) is 25.4 Å². The Hall–Kier alpha value is -1.01. The molecule has 7 heteroatoms. The van der Waals surface area contributed by atoms with Crippen molar-refractivity contribution >= 4 is 34.9 Å². The molecule has 1 aromatic rings. The Morgan fingerprint density at radius 3 is 2.76 bits per heavy atom. The first-order chi connectivity index (χ1) is 9.95. The molecule has 0 saturated carbocycles. The second-order valence-electron chi connectivity index (χ2n) is 5.10.